The summed E-state index contributed by atoms with van der Waals surface area (Å²) >= 11 is 1.50. The smallest absolute Gasteiger partial charge is 0.336 e. The van der Waals surface area contributed by atoms with Crippen LogP contribution in [0.25, 0.3) is 10.7 Å². The summed E-state index contributed by atoms with van der Waals surface area (Å²) < 4.78 is 4.85. The van der Waals surface area contributed by atoms with E-state index in [0.29, 0.717) is 5.69 Å². The third kappa shape index (κ3) is 1.62. The summed E-state index contributed by atoms with van der Waals surface area (Å²) in [4.78, 5) is 8.18. The van der Waals surface area contributed by atoms with Crippen molar-refractivity contribution in [3.63, 3.8) is 0 Å². The van der Waals surface area contributed by atoms with Crippen molar-refractivity contribution in [1.29, 1.82) is 0 Å². The van der Waals surface area contributed by atoms with Crippen molar-refractivity contribution in [3.05, 3.63) is 17.8 Å². The van der Waals surface area contributed by atoms with Gasteiger partial charge in [-0.3, -0.25) is 0 Å². The topological polar surface area (TPSA) is 60.8 Å². The molecular formula is C7H6N4OS. The second kappa shape index (κ2) is 3.44. The molecule has 0 bridgehead atoms. The normalized spacial score (nSPS) is 9.92. The Morgan fingerprint density at radius 2 is 2.38 bits per heavy atom. The highest BCUT2D eigenvalue weighted by atomic mass is 32.1. The van der Waals surface area contributed by atoms with E-state index < -0.39 is 0 Å². The van der Waals surface area contributed by atoms with Crippen LogP contribution in [0.1, 0.15) is 0 Å². The first-order valence-corrected chi connectivity index (χ1v) is 4.41. The van der Waals surface area contributed by atoms with E-state index in [1.54, 1.807) is 12.4 Å². The van der Waals surface area contributed by atoms with E-state index in [-0.39, 0.29) is 6.01 Å². The lowest BCUT2D eigenvalue weighted by Crippen LogP contribution is -1.95. The molecule has 2 rings (SSSR count). The molecule has 13 heavy (non-hydrogen) atoms. The van der Waals surface area contributed by atoms with E-state index in [2.05, 4.69) is 20.2 Å². The van der Waals surface area contributed by atoms with Crippen LogP contribution in [0.4, 0.5) is 0 Å². The number of methoxy groups -OCH3 is 1. The van der Waals surface area contributed by atoms with Gasteiger partial charge in [-0.05, 0) is 0 Å². The first-order valence-electron chi connectivity index (χ1n) is 3.54. The van der Waals surface area contributed by atoms with Crippen LogP contribution in [0.5, 0.6) is 6.01 Å². The molecular weight excluding hydrogens is 188 g/mol. The Balaban J connectivity index is 2.41. The third-order valence-electron chi connectivity index (χ3n) is 1.37. The molecule has 2 heterocycles. The van der Waals surface area contributed by atoms with Crippen LogP contribution in [0.2, 0.25) is 0 Å². The van der Waals surface area contributed by atoms with Crippen LogP contribution in [0.15, 0.2) is 17.8 Å². The van der Waals surface area contributed by atoms with Gasteiger partial charge in [0.15, 0.2) is 0 Å². The molecule has 66 valence electrons. The van der Waals surface area contributed by atoms with E-state index >= 15 is 0 Å². The fourth-order valence-corrected chi connectivity index (χ4v) is 1.42. The van der Waals surface area contributed by atoms with Gasteiger partial charge >= 0.3 is 6.01 Å². The van der Waals surface area contributed by atoms with Gasteiger partial charge in [-0.2, -0.15) is 10.1 Å². The molecule has 0 atom stereocenters. The van der Waals surface area contributed by atoms with Crippen LogP contribution in [0.3, 0.4) is 0 Å². The van der Waals surface area contributed by atoms with E-state index in [1.165, 1.54) is 18.4 Å². The van der Waals surface area contributed by atoms with E-state index in [0.717, 1.165) is 5.01 Å². The highest BCUT2D eigenvalue weighted by Crippen LogP contribution is 2.18. The maximum atomic E-state index is 4.85. The number of ether oxygens (including phenoxy) is 1. The summed E-state index contributed by atoms with van der Waals surface area (Å²) in [6, 6.07) is 0.257. The minimum absolute atomic E-state index is 0.257. The van der Waals surface area contributed by atoms with Gasteiger partial charge < -0.3 is 4.74 Å². The SMILES string of the molecule is COc1nncc(-c2nccs2)n1. The van der Waals surface area contributed by atoms with Gasteiger partial charge in [0.25, 0.3) is 0 Å². The van der Waals surface area contributed by atoms with E-state index in [1.807, 2.05) is 5.38 Å². The van der Waals surface area contributed by atoms with Gasteiger partial charge in [0, 0.05) is 11.6 Å². The molecule has 6 heteroatoms. The summed E-state index contributed by atoms with van der Waals surface area (Å²) in [5.41, 5.74) is 0.682. The molecule has 2 aromatic heterocycles. The average molecular weight is 194 g/mol. The summed E-state index contributed by atoms with van der Waals surface area (Å²) in [6.45, 7) is 0. The lowest BCUT2D eigenvalue weighted by molar-refractivity contribution is 0.374. The number of hydrogen-bond acceptors (Lipinski definition) is 6. The first kappa shape index (κ1) is 8.06. The molecule has 0 saturated carbocycles. The molecule has 0 saturated heterocycles. The van der Waals surface area contributed by atoms with Crippen LogP contribution in [0, 0.1) is 0 Å². The van der Waals surface area contributed by atoms with Crippen molar-refractivity contribution in [2.45, 2.75) is 0 Å². The minimum atomic E-state index is 0.257. The Morgan fingerprint density at radius 1 is 1.46 bits per heavy atom. The lowest BCUT2D eigenvalue weighted by Gasteiger charge is -1.96. The predicted octanol–water partition coefficient (Wildman–Crippen LogP) is 1.00. The zero-order valence-electron chi connectivity index (χ0n) is 6.84. The highest BCUT2D eigenvalue weighted by Gasteiger charge is 2.04. The fraction of sp³-hybridized carbons (Fsp3) is 0.143. The van der Waals surface area contributed by atoms with Crippen molar-refractivity contribution in [1.82, 2.24) is 20.2 Å². The van der Waals surface area contributed by atoms with Gasteiger partial charge in [0.2, 0.25) is 0 Å². The van der Waals surface area contributed by atoms with Gasteiger partial charge in [-0.25, -0.2) is 4.98 Å². The second-order valence-corrected chi connectivity index (χ2v) is 3.06. The Labute approximate surface area is 78.5 Å². The quantitative estimate of drug-likeness (QED) is 0.713. The van der Waals surface area contributed by atoms with Gasteiger partial charge in [-0.15, -0.1) is 11.3 Å². The Kier molecular flexibility index (Phi) is 2.13. The van der Waals surface area contributed by atoms with Crippen LogP contribution in [-0.2, 0) is 0 Å². The fourth-order valence-electron chi connectivity index (χ4n) is 0.827. The maximum absolute atomic E-state index is 4.85. The molecule has 0 aliphatic rings. The molecule has 5 nitrogen and oxygen atoms in total. The second-order valence-electron chi connectivity index (χ2n) is 2.17. The van der Waals surface area contributed by atoms with Gasteiger partial charge in [0.05, 0.1) is 13.3 Å². The van der Waals surface area contributed by atoms with Gasteiger partial charge in [-0.1, -0.05) is 5.10 Å². The minimum Gasteiger partial charge on any atom is -0.466 e. The van der Waals surface area contributed by atoms with Crippen molar-refractivity contribution in [2.24, 2.45) is 0 Å². The Bertz CT molecular complexity index is 389. The Hall–Kier alpha value is -1.56. The molecule has 0 aromatic carbocycles. The number of nitrogens with zero attached hydrogens (tertiary/aromatic N) is 4. The van der Waals surface area contributed by atoms with Gasteiger partial charge in [0.1, 0.15) is 10.7 Å². The number of thiazole rings is 1. The van der Waals surface area contributed by atoms with E-state index in [4.69, 9.17) is 4.74 Å². The zero-order chi connectivity index (χ0) is 9.10. The van der Waals surface area contributed by atoms with Crippen LogP contribution in [-0.4, -0.2) is 27.3 Å². The number of hydrogen-bond donors (Lipinski definition) is 0. The molecule has 0 unspecified atom stereocenters. The largest absolute Gasteiger partial charge is 0.466 e. The molecule has 0 radical (unpaired) electrons. The maximum Gasteiger partial charge on any atom is 0.336 e. The number of aromatic nitrogens is 4. The summed E-state index contributed by atoms with van der Waals surface area (Å²) in [6.07, 6.45) is 3.27. The summed E-state index contributed by atoms with van der Waals surface area (Å²) in [5, 5.41) is 10.1. The van der Waals surface area contributed by atoms with Crippen molar-refractivity contribution < 1.29 is 4.74 Å². The van der Waals surface area contributed by atoms with Crippen molar-refractivity contribution in [2.75, 3.05) is 7.11 Å². The summed E-state index contributed by atoms with van der Waals surface area (Å²) in [5.74, 6) is 0. The van der Waals surface area contributed by atoms with Crippen LogP contribution >= 0.6 is 11.3 Å². The average Bonchev–Trinajstić information content (AvgIpc) is 2.71. The lowest BCUT2D eigenvalue weighted by atomic mass is 10.5. The zero-order valence-corrected chi connectivity index (χ0v) is 7.65. The van der Waals surface area contributed by atoms with Crippen molar-refractivity contribution in [3.8, 4) is 16.7 Å². The molecule has 0 aliphatic carbocycles. The standard InChI is InChI=1S/C7H6N4OS/c1-12-7-10-5(4-9-11-7)6-8-2-3-13-6/h2-4H,1H3. The van der Waals surface area contributed by atoms with Crippen LogP contribution < -0.4 is 4.74 Å². The Morgan fingerprint density at radius 3 is 3.08 bits per heavy atom. The highest BCUT2D eigenvalue weighted by molar-refractivity contribution is 7.13. The molecule has 0 N–H and O–H groups in total. The first-order chi connectivity index (χ1) is 6.40. The third-order valence-corrected chi connectivity index (χ3v) is 2.17. The summed E-state index contributed by atoms with van der Waals surface area (Å²) in [7, 11) is 1.50. The predicted molar refractivity (Wildman–Crippen MR) is 47.5 cm³/mol. The molecule has 0 amide bonds. The molecule has 0 aliphatic heterocycles. The molecule has 0 spiro atoms. The molecule has 0 fully saturated rings. The van der Waals surface area contributed by atoms with Crippen molar-refractivity contribution >= 4 is 11.3 Å². The molecule has 2 aromatic rings. The van der Waals surface area contributed by atoms with E-state index in [9.17, 15) is 0 Å². The monoisotopic (exact) mass is 194 g/mol. The number of rotatable bonds is 2.